The Balaban J connectivity index is 2.47. The summed E-state index contributed by atoms with van der Waals surface area (Å²) in [6.07, 6.45) is -0.204. The van der Waals surface area contributed by atoms with Crippen LogP contribution in [-0.4, -0.2) is 39.3 Å². The molecule has 0 unspecified atom stereocenters. The first-order valence-electron chi connectivity index (χ1n) is 4.84. The zero-order chi connectivity index (χ0) is 13.5. The number of amides is 3. The van der Waals surface area contributed by atoms with Gasteiger partial charge in [-0.1, -0.05) is 11.3 Å². The highest BCUT2D eigenvalue weighted by Gasteiger charge is 2.20. The van der Waals surface area contributed by atoms with Gasteiger partial charge in [-0.15, -0.1) is 10.2 Å². The molecular weight excluding hydrogens is 262 g/mol. The fourth-order valence-corrected chi connectivity index (χ4v) is 1.50. The number of nitrogens with two attached hydrogens (primary N) is 1. The lowest BCUT2D eigenvalue weighted by Gasteiger charge is -2.13. The molecule has 1 heterocycles. The number of hydrogen-bond acceptors (Lipinski definition) is 6. The van der Waals surface area contributed by atoms with Crippen molar-refractivity contribution in [3.8, 4) is 0 Å². The van der Waals surface area contributed by atoms with Gasteiger partial charge in [0.2, 0.25) is 11.0 Å². The molecule has 0 radical (unpaired) electrons. The number of nitrogens with one attached hydrogen (secondary N) is 2. The van der Waals surface area contributed by atoms with Gasteiger partial charge in [-0.05, 0) is 6.42 Å². The fourth-order valence-electron chi connectivity index (χ4n) is 1.06. The van der Waals surface area contributed by atoms with Crippen LogP contribution in [0.15, 0.2) is 5.51 Å². The van der Waals surface area contributed by atoms with Crippen LogP contribution in [0.2, 0.25) is 0 Å². The van der Waals surface area contributed by atoms with Crippen molar-refractivity contribution in [3.63, 3.8) is 0 Å². The Hall–Kier alpha value is -2.23. The number of hydrogen-bond donors (Lipinski definition) is 4. The van der Waals surface area contributed by atoms with Gasteiger partial charge in [0.15, 0.2) is 0 Å². The molecule has 0 spiro atoms. The summed E-state index contributed by atoms with van der Waals surface area (Å²) in [5, 5.41) is 20.6. The third kappa shape index (κ3) is 4.74. The zero-order valence-corrected chi connectivity index (χ0v) is 9.94. The van der Waals surface area contributed by atoms with Crippen molar-refractivity contribution in [2.45, 2.75) is 18.9 Å². The molecule has 0 aromatic carbocycles. The van der Waals surface area contributed by atoms with Crippen LogP contribution < -0.4 is 16.4 Å². The van der Waals surface area contributed by atoms with Gasteiger partial charge >= 0.3 is 12.0 Å². The van der Waals surface area contributed by atoms with Gasteiger partial charge < -0.3 is 16.2 Å². The summed E-state index contributed by atoms with van der Waals surface area (Å²) in [5.41, 5.74) is 6.32. The zero-order valence-electron chi connectivity index (χ0n) is 9.12. The minimum absolute atomic E-state index is 0.0752. The summed E-state index contributed by atoms with van der Waals surface area (Å²) in [5.74, 6) is -1.88. The van der Waals surface area contributed by atoms with Crippen molar-refractivity contribution in [3.05, 3.63) is 5.51 Å². The van der Waals surface area contributed by atoms with Crippen LogP contribution in [0.3, 0.4) is 0 Å². The smallest absolute Gasteiger partial charge is 0.326 e. The first-order valence-corrected chi connectivity index (χ1v) is 5.72. The van der Waals surface area contributed by atoms with E-state index >= 15 is 0 Å². The van der Waals surface area contributed by atoms with Crippen LogP contribution in [0.4, 0.5) is 9.93 Å². The molecule has 5 N–H and O–H groups in total. The molecule has 1 rings (SSSR count). The van der Waals surface area contributed by atoms with E-state index in [2.05, 4.69) is 20.8 Å². The predicted molar refractivity (Wildman–Crippen MR) is 61.9 cm³/mol. The third-order valence-corrected chi connectivity index (χ3v) is 2.47. The number of aromatic nitrogens is 2. The summed E-state index contributed by atoms with van der Waals surface area (Å²) < 4.78 is 0. The van der Waals surface area contributed by atoms with Gasteiger partial charge in [-0.2, -0.15) is 0 Å². The summed E-state index contributed by atoms with van der Waals surface area (Å²) >= 11 is 1.09. The number of carboxylic acid groups (broad SMARTS) is 1. The Morgan fingerprint density at radius 1 is 1.50 bits per heavy atom. The van der Waals surface area contributed by atoms with Crippen LogP contribution in [0, 0.1) is 0 Å². The first kappa shape index (κ1) is 13.8. The number of aliphatic carboxylic acids is 1. The van der Waals surface area contributed by atoms with E-state index in [1.165, 1.54) is 5.51 Å². The third-order valence-electron chi connectivity index (χ3n) is 1.86. The van der Waals surface area contributed by atoms with Crippen LogP contribution >= 0.6 is 11.3 Å². The van der Waals surface area contributed by atoms with Crippen LogP contribution in [0.25, 0.3) is 0 Å². The maximum atomic E-state index is 11.4. The van der Waals surface area contributed by atoms with E-state index in [0.29, 0.717) is 0 Å². The largest absolute Gasteiger partial charge is 0.480 e. The molecule has 0 aliphatic carbocycles. The van der Waals surface area contributed by atoms with Gasteiger partial charge in [0, 0.05) is 6.42 Å². The molecule has 9 nitrogen and oxygen atoms in total. The van der Waals surface area contributed by atoms with E-state index in [9.17, 15) is 14.4 Å². The first-order chi connectivity index (χ1) is 8.49. The maximum absolute atomic E-state index is 11.4. The summed E-state index contributed by atoms with van der Waals surface area (Å²) in [6.45, 7) is 0. The highest BCUT2D eigenvalue weighted by Crippen LogP contribution is 2.07. The number of carbonyl (C=O) groups excluding carboxylic acids is 2. The van der Waals surface area contributed by atoms with Gasteiger partial charge in [-0.25, -0.2) is 9.59 Å². The lowest BCUT2D eigenvalue weighted by atomic mass is 10.1. The average molecular weight is 273 g/mol. The second-order valence-corrected chi connectivity index (χ2v) is 4.07. The Labute approximate surface area is 105 Å². The fraction of sp³-hybridized carbons (Fsp3) is 0.375. The molecular formula is C8H11N5O4S. The Kier molecular flexibility index (Phi) is 4.99. The number of anilines is 1. The summed E-state index contributed by atoms with van der Waals surface area (Å²) in [7, 11) is 0. The van der Waals surface area contributed by atoms with Crippen molar-refractivity contribution in [1.82, 2.24) is 15.5 Å². The molecule has 0 fully saturated rings. The molecule has 1 aromatic rings. The molecule has 1 aromatic heterocycles. The molecule has 0 aliphatic heterocycles. The van der Waals surface area contributed by atoms with Gasteiger partial charge in [0.05, 0.1) is 0 Å². The van der Waals surface area contributed by atoms with Gasteiger partial charge in [0.25, 0.3) is 0 Å². The Morgan fingerprint density at radius 2 is 2.22 bits per heavy atom. The minimum atomic E-state index is -1.25. The number of primary amides is 1. The number of nitrogens with zero attached hydrogens (tertiary/aromatic N) is 2. The van der Waals surface area contributed by atoms with Crippen LogP contribution in [-0.2, 0) is 9.59 Å². The minimum Gasteiger partial charge on any atom is -0.480 e. The van der Waals surface area contributed by atoms with Gasteiger partial charge in [-0.3, -0.25) is 10.1 Å². The summed E-state index contributed by atoms with van der Waals surface area (Å²) in [4.78, 5) is 32.8. The van der Waals surface area contributed by atoms with E-state index < -0.39 is 23.9 Å². The van der Waals surface area contributed by atoms with Gasteiger partial charge in [0.1, 0.15) is 11.6 Å². The van der Waals surface area contributed by atoms with Crippen molar-refractivity contribution < 1.29 is 19.5 Å². The average Bonchev–Trinajstić information content (AvgIpc) is 2.76. The van der Waals surface area contributed by atoms with Crippen molar-refractivity contribution >= 4 is 34.4 Å². The highest BCUT2D eigenvalue weighted by atomic mass is 32.1. The quantitative estimate of drug-likeness (QED) is 0.543. The number of carbonyl (C=O) groups is 3. The normalized spacial score (nSPS) is 11.6. The number of urea groups is 1. The molecule has 3 amide bonds. The number of carboxylic acids is 1. The van der Waals surface area contributed by atoms with Crippen LogP contribution in [0.1, 0.15) is 12.8 Å². The van der Waals surface area contributed by atoms with Crippen LogP contribution in [0.5, 0.6) is 0 Å². The maximum Gasteiger partial charge on any atom is 0.326 e. The molecule has 0 saturated heterocycles. The van der Waals surface area contributed by atoms with E-state index in [1.54, 1.807) is 0 Å². The molecule has 1 atom stereocenters. The van der Waals surface area contributed by atoms with E-state index in [0.717, 1.165) is 11.3 Å². The van der Waals surface area contributed by atoms with E-state index in [4.69, 9.17) is 10.8 Å². The standard InChI is InChI=1S/C8H11N5O4S/c9-5(14)2-1-4(6(15)16)11-7(17)12-8-13-10-3-18-8/h3-4H,1-2H2,(H2,9,14)(H,15,16)(H2,11,12,13,17)/t4-/m1/s1. The molecule has 0 aliphatic rings. The molecule has 18 heavy (non-hydrogen) atoms. The SMILES string of the molecule is NC(=O)CC[C@@H](NC(=O)Nc1nncs1)C(=O)O. The van der Waals surface area contributed by atoms with E-state index in [-0.39, 0.29) is 18.0 Å². The van der Waals surface area contributed by atoms with E-state index in [1.807, 2.05) is 0 Å². The predicted octanol–water partition coefficient (Wildman–Crippen LogP) is -0.622. The van der Waals surface area contributed by atoms with Crippen molar-refractivity contribution in [2.75, 3.05) is 5.32 Å². The Bertz CT molecular complexity index is 435. The second-order valence-electron chi connectivity index (χ2n) is 3.24. The lowest BCUT2D eigenvalue weighted by molar-refractivity contribution is -0.139. The van der Waals surface area contributed by atoms with Crippen molar-refractivity contribution in [2.24, 2.45) is 5.73 Å². The van der Waals surface area contributed by atoms with Crippen molar-refractivity contribution in [1.29, 1.82) is 0 Å². The lowest BCUT2D eigenvalue weighted by Crippen LogP contribution is -2.43. The molecule has 10 heteroatoms. The second kappa shape index (κ2) is 6.49. The molecule has 0 saturated carbocycles. The topological polar surface area (TPSA) is 147 Å². The molecule has 98 valence electrons. The Morgan fingerprint density at radius 3 is 2.72 bits per heavy atom. The summed E-state index contributed by atoms with van der Waals surface area (Å²) in [6, 6.07) is -1.92. The highest BCUT2D eigenvalue weighted by molar-refractivity contribution is 7.13. The number of rotatable bonds is 6. The molecule has 0 bridgehead atoms. The monoisotopic (exact) mass is 273 g/mol.